The van der Waals surface area contributed by atoms with E-state index in [-0.39, 0.29) is 33.2 Å². The Morgan fingerprint density at radius 2 is 1.81 bits per heavy atom. The van der Waals surface area contributed by atoms with E-state index in [0.29, 0.717) is 16.6 Å². The van der Waals surface area contributed by atoms with E-state index in [4.69, 9.17) is 21.4 Å². The number of carboxylic acids is 1. The Labute approximate surface area is 208 Å². The van der Waals surface area contributed by atoms with Crippen molar-refractivity contribution in [2.75, 3.05) is 6.54 Å². The van der Waals surface area contributed by atoms with Gasteiger partial charge in [-0.05, 0) is 42.0 Å². The van der Waals surface area contributed by atoms with Crippen molar-refractivity contribution in [3.63, 3.8) is 0 Å². The number of fused-ring (bicyclic) bond motifs is 1. The highest BCUT2D eigenvalue weighted by molar-refractivity contribution is 7.89. The average molecular weight is 525 g/mol. The Morgan fingerprint density at radius 1 is 1.08 bits per heavy atom. The van der Waals surface area contributed by atoms with Crippen LogP contribution in [0.25, 0.3) is 33.5 Å². The zero-order valence-corrected chi connectivity index (χ0v) is 19.6. The molecule has 190 valence electrons. The zero-order chi connectivity index (χ0) is 27.1. The van der Waals surface area contributed by atoms with Crippen molar-refractivity contribution >= 4 is 38.8 Å². The normalized spacial score (nSPS) is 11.4. The largest absolute Gasteiger partial charge is 0.506 e. The number of aromatic amines is 1. The van der Waals surface area contributed by atoms with Crippen molar-refractivity contribution in [2.45, 2.75) is 4.90 Å². The molecule has 0 radical (unpaired) electrons. The Hall–Kier alpha value is -4.95. The summed E-state index contributed by atoms with van der Waals surface area (Å²) < 4.78 is 23.7. The molecule has 1 amide bonds. The molecular weight excluding hydrogens is 504 g/mol. The summed E-state index contributed by atoms with van der Waals surface area (Å²) in [5.41, 5.74) is 6.04. The van der Waals surface area contributed by atoms with Crippen LogP contribution in [0.3, 0.4) is 0 Å². The second kappa shape index (κ2) is 9.25. The number of aromatic nitrogens is 2. The summed E-state index contributed by atoms with van der Waals surface area (Å²) in [6.07, 6.45) is 0. The van der Waals surface area contributed by atoms with Crippen molar-refractivity contribution in [1.82, 2.24) is 15.3 Å². The summed E-state index contributed by atoms with van der Waals surface area (Å²) in [7, 11) is -4.15. The first-order valence-electron chi connectivity index (χ1n) is 10.4. The number of benzene rings is 3. The molecule has 0 unspecified atom stereocenters. The van der Waals surface area contributed by atoms with E-state index in [9.17, 15) is 28.2 Å². The number of rotatable bonds is 7. The Kier molecular flexibility index (Phi) is 6.29. The third-order valence-electron chi connectivity index (χ3n) is 5.42. The van der Waals surface area contributed by atoms with Gasteiger partial charge >= 0.3 is 5.97 Å². The molecule has 3 aromatic carbocycles. The third-order valence-corrected chi connectivity index (χ3v) is 6.33. The van der Waals surface area contributed by atoms with Gasteiger partial charge < -0.3 is 31.4 Å². The minimum atomic E-state index is -4.15. The third kappa shape index (κ3) is 4.91. The summed E-state index contributed by atoms with van der Waals surface area (Å²) >= 11 is 0. The van der Waals surface area contributed by atoms with Crippen molar-refractivity contribution in [2.24, 2.45) is 10.9 Å². The number of nitrogens with two attached hydrogens (primary N) is 2. The fraction of sp³-hybridized carbons (Fsp3) is 0.0435. The number of primary sulfonamides is 1. The van der Waals surface area contributed by atoms with Gasteiger partial charge in [0.05, 0.1) is 32.6 Å². The second-order valence-electron chi connectivity index (χ2n) is 7.92. The highest BCUT2D eigenvalue weighted by Crippen LogP contribution is 2.46. The number of nitrogen functional groups attached to an aromatic ring is 1. The number of carbonyl (C=O) groups excluding carboxylic acids is 1. The summed E-state index contributed by atoms with van der Waals surface area (Å²) in [5.74, 6) is -3.71. The number of aromatic hydroxyl groups is 2. The highest BCUT2D eigenvalue weighted by atomic mass is 32.2. The number of hydrogen-bond acceptors (Lipinski definition) is 8. The van der Waals surface area contributed by atoms with E-state index < -0.39 is 45.5 Å². The molecule has 0 atom stereocenters. The van der Waals surface area contributed by atoms with Gasteiger partial charge in [0.2, 0.25) is 10.0 Å². The number of imidazole rings is 1. The van der Waals surface area contributed by atoms with Crippen LogP contribution in [0.1, 0.15) is 15.9 Å². The van der Waals surface area contributed by atoms with Gasteiger partial charge in [0.1, 0.15) is 29.7 Å². The summed E-state index contributed by atoms with van der Waals surface area (Å²) in [5, 5.41) is 46.0. The van der Waals surface area contributed by atoms with E-state index in [1.54, 1.807) is 12.1 Å². The number of H-pyrrole nitrogens is 1. The van der Waals surface area contributed by atoms with E-state index in [2.05, 4.69) is 15.3 Å². The van der Waals surface area contributed by atoms with Crippen LogP contribution in [0, 0.1) is 5.41 Å². The molecule has 4 aromatic rings. The molecule has 0 spiro atoms. The average Bonchev–Trinajstić information content (AvgIpc) is 3.25. The van der Waals surface area contributed by atoms with Crippen molar-refractivity contribution in [1.29, 1.82) is 5.41 Å². The van der Waals surface area contributed by atoms with Gasteiger partial charge in [-0.2, -0.15) is 0 Å². The number of amidine groups is 1. The van der Waals surface area contributed by atoms with Crippen LogP contribution in [0.2, 0.25) is 0 Å². The molecule has 4 rings (SSSR count). The molecule has 0 aliphatic rings. The maximum atomic E-state index is 12.8. The Balaban J connectivity index is 1.98. The van der Waals surface area contributed by atoms with Crippen LogP contribution in [0.15, 0.2) is 53.4 Å². The highest BCUT2D eigenvalue weighted by Gasteiger charge is 2.26. The van der Waals surface area contributed by atoms with Gasteiger partial charge in [-0.25, -0.2) is 18.5 Å². The van der Waals surface area contributed by atoms with Gasteiger partial charge in [-0.3, -0.25) is 15.0 Å². The molecule has 10 N–H and O–H groups in total. The number of carbonyl (C=O) groups is 2. The van der Waals surface area contributed by atoms with Crippen LogP contribution in [-0.4, -0.2) is 58.0 Å². The smallest absolute Gasteiger partial charge is 0.322 e. The molecule has 0 aliphatic heterocycles. The topological polar surface area (TPSA) is 246 Å². The van der Waals surface area contributed by atoms with E-state index in [0.717, 1.165) is 12.1 Å². The lowest BCUT2D eigenvalue weighted by Gasteiger charge is -2.15. The second-order valence-corrected chi connectivity index (χ2v) is 9.49. The molecule has 0 saturated heterocycles. The van der Waals surface area contributed by atoms with Gasteiger partial charge in [0.25, 0.3) is 5.91 Å². The monoisotopic (exact) mass is 524 g/mol. The molecule has 0 aliphatic carbocycles. The molecule has 0 bridgehead atoms. The molecule has 14 heteroatoms. The van der Waals surface area contributed by atoms with E-state index in [1.165, 1.54) is 24.3 Å². The quantitative estimate of drug-likeness (QED) is 0.127. The lowest BCUT2D eigenvalue weighted by molar-refractivity contribution is -0.135. The number of nitrogens with one attached hydrogen (secondary N) is 3. The summed E-state index contributed by atoms with van der Waals surface area (Å²) in [4.78, 5) is 30.7. The molecular formula is C23H20N6O7S. The lowest BCUT2D eigenvalue weighted by Crippen LogP contribution is -2.29. The first-order valence-corrected chi connectivity index (χ1v) is 12.0. The first-order chi connectivity index (χ1) is 17.4. The molecule has 1 heterocycles. The number of aliphatic carboxylic acids is 1. The molecule has 0 fully saturated rings. The molecule has 37 heavy (non-hydrogen) atoms. The number of nitrogens with zero attached hydrogens (tertiary/aromatic N) is 1. The standard InChI is InChI=1S/C23H20N6O7S/c24-21(25)11-4-5-15-16(7-11)29-22(28-15)13-8-14(23(34)27-9-17(30)31)20(33)18(19(13)32)10-2-1-3-12(6-10)37(26,35)36/h1-8,32-33H,9H2,(H3,24,25)(H,27,34)(H,28,29)(H,30,31)(H2,26,35,36). The minimum absolute atomic E-state index is 0.00522. The fourth-order valence-electron chi connectivity index (χ4n) is 3.67. The van der Waals surface area contributed by atoms with Crippen molar-refractivity contribution in [3.05, 3.63) is 59.7 Å². The van der Waals surface area contributed by atoms with Crippen LogP contribution in [-0.2, 0) is 14.8 Å². The van der Waals surface area contributed by atoms with Gasteiger partial charge in [-0.15, -0.1) is 0 Å². The predicted molar refractivity (Wildman–Crippen MR) is 133 cm³/mol. The van der Waals surface area contributed by atoms with Crippen molar-refractivity contribution < 1.29 is 33.3 Å². The summed E-state index contributed by atoms with van der Waals surface area (Å²) in [6, 6.07) is 10.9. The predicted octanol–water partition coefficient (Wildman–Crippen LogP) is 1.05. The Morgan fingerprint density at radius 3 is 2.46 bits per heavy atom. The van der Waals surface area contributed by atoms with Gasteiger partial charge in [0, 0.05) is 5.56 Å². The van der Waals surface area contributed by atoms with Crippen LogP contribution in [0.5, 0.6) is 11.5 Å². The lowest BCUT2D eigenvalue weighted by atomic mass is 9.95. The minimum Gasteiger partial charge on any atom is -0.506 e. The SMILES string of the molecule is N=C(N)c1ccc2[nH]c(-c3cc(C(=O)NCC(=O)O)c(O)c(-c4cccc(S(N)(=O)=O)c4)c3O)nc2c1. The number of amides is 1. The number of phenolic OH excluding ortho intramolecular Hbond substituents is 2. The number of carboxylic acid groups (broad SMARTS) is 1. The van der Waals surface area contributed by atoms with Crippen LogP contribution in [0.4, 0.5) is 0 Å². The number of hydrogen-bond donors (Lipinski definition) is 8. The zero-order valence-electron chi connectivity index (χ0n) is 18.8. The molecule has 1 aromatic heterocycles. The maximum absolute atomic E-state index is 12.8. The van der Waals surface area contributed by atoms with Gasteiger partial charge in [0.15, 0.2) is 0 Å². The van der Waals surface area contributed by atoms with Crippen LogP contribution >= 0.6 is 0 Å². The molecule has 13 nitrogen and oxygen atoms in total. The molecule has 0 saturated carbocycles. The summed E-state index contributed by atoms with van der Waals surface area (Å²) in [6.45, 7) is -0.747. The number of phenols is 2. The maximum Gasteiger partial charge on any atom is 0.322 e. The number of sulfonamides is 1. The van der Waals surface area contributed by atoms with Gasteiger partial charge in [-0.1, -0.05) is 12.1 Å². The Bertz CT molecular complexity index is 1710. The first kappa shape index (κ1) is 25.2. The van der Waals surface area contributed by atoms with E-state index >= 15 is 0 Å². The van der Waals surface area contributed by atoms with E-state index in [1.807, 2.05) is 0 Å². The fourth-order valence-corrected chi connectivity index (χ4v) is 4.23. The van der Waals surface area contributed by atoms with Crippen molar-refractivity contribution in [3.8, 4) is 34.0 Å². The van der Waals surface area contributed by atoms with Crippen LogP contribution < -0.4 is 16.2 Å².